The number of carbonyl (C=O) groups excluding carboxylic acids is 1. The van der Waals surface area contributed by atoms with E-state index in [0.717, 1.165) is 11.3 Å². The van der Waals surface area contributed by atoms with Gasteiger partial charge in [-0.2, -0.15) is 4.80 Å². The Kier molecular flexibility index (Phi) is 6.75. The first kappa shape index (κ1) is 24.3. The molecule has 1 fully saturated rings. The molecule has 1 amide bonds. The van der Waals surface area contributed by atoms with Crippen LogP contribution in [0.5, 0.6) is 0 Å². The van der Waals surface area contributed by atoms with E-state index in [1.54, 1.807) is 10.9 Å². The van der Waals surface area contributed by atoms with Crippen molar-refractivity contribution < 1.29 is 14.5 Å². The second kappa shape index (κ2) is 10.3. The van der Waals surface area contributed by atoms with Gasteiger partial charge in [-0.05, 0) is 55.0 Å². The molecule has 37 heavy (non-hydrogen) atoms. The first-order chi connectivity index (χ1) is 17.9. The molecule has 2 N–H and O–H groups in total. The fourth-order valence-corrected chi connectivity index (χ4v) is 4.31. The number of nitro benzene ring substituents is 1. The smallest absolute Gasteiger partial charge is 0.270 e. The van der Waals surface area contributed by atoms with Crippen molar-refractivity contribution in [2.45, 2.75) is 6.92 Å². The maximum absolute atomic E-state index is 13.2. The molecule has 0 spiro atoms. The number of nitrogens with zero attached hydrogens (tertiary/aromatic N) is 5. The molecule has 0 radical (unpaired) electrons. The standard InChI is InChI=1S/C25H23N7O4S/c1-16-13-21-22(29-31(28-21)17-5-3-2-4-6-17)15-20(16)26-25(37)27-24(33)19-14-18(32(34)35)7-8-23(19)30-9-11-36-12-10-30/h2-8,13-15H,9-12H2,1H3,(H2,26,27,33,37). The van der Waals surface area contributed by atoms with E-state index in [4.69, 9.17) is 17.0 Å². The average Bonchev–Trinajstić information content (AvgIpc) is 3.32. The van der Waals surface area contributed by atoms with Crippen molar-refractivity contribution in [2.24, 2.45) is 0 Å². The Balaban J connectivity index is 1.36. The van der Waals surface area contributed by atoms with Crippen LogP contribution in [-0.4, -0.2) is 57.2 Å². The van der Waals surface area contributed by atoms with Gasteiger partial charge in [0.2, 0.25) is 0 Å². The number of anilines is 2. The molecule has 1 aliphatic heterocycles. The minimum absolute atomic E-state index is 0.0577. The van der Waals surface area contributed by atoms with E-state index in [1.807, 2.05) is 54.3 Å². The van der Waals surface area contributed by atoms with Gasteiger partial charge < -0.3 is 15.0 Å². The Bertz CT molecular complexity index is 1500. The van der Waals surface area contributed by atoms with Crippen LogP contribution >= 0.6 is 12.2 Å². The van der Waals surface area contributed by atoms with Crippen LogP contribution in [0.3, 0.4) is 0 Å². The van der Waals surface area contributed by atoms with E-state index < -0.39 is 10.8 Å². The zero-order valence-electron chi connectivity index (χ0n) is 19.9. The van der Waals surface area contributed by atoms with Gasteiger partial charge in [-0.3, -0.25) is 20.2 Å². The Hall–Kier alpha value is -4.42. The molecule has 11 nitrogen and oxygen atoms in total. The van der Waals surface area contributed by atoms with Crippen molar-refractivity contribution >= 4 is 51.3 Å². The number of carbonyl (C=O) groups is 1. The molecule has 1 saturated heterocycles. The molecule has 2 heterocycles. The predicted octanol–water partition coefficient (Wildman–Crippen LogP) is 3.60. The minimum atomic E-state index is -0.545. The van der Waals surface area contributed by atoms with Gasteiger partial charge in [-0.25, -0.2) is 0 Å². The van der Waals surface area contributed by atoms with Gasteiger partial charge in [0, 0.05) is 30.9 Å². The average molecular weight is 518 g/mol. The number of hydrogen-bond donors (Lipinski definition) is 2. The van der Waals surface area contributed by atoms with E-state index in [0.29, 0.717) is 48.7 Å². The van der Waals surface area contributed by atoms with Crippen LogP contribution < -0.4 is 15.5 Å². The molecule has 1 aromatic heterocycles. The second-order valence-electron chi connectivity index (χ2n) is 8.45. The number of hydrogen-bond acceptors (Lipinski definition) is 8. The number of nitrogens with one attached hydrogen (secondary N) is 2. The lowest BCUT2D eigenvalue weighted by Crippen LogP contribution is -2.39. The lowest BCUT2D eigenvalue weighted by molar-refractivity contribution is -0.384. The van der Waals surface area contributed by atoms with Crippen LogP contribution in [0.2, 0.25) is 0 Å². The van der Waals surface area contributed by atoms with Crippen molar-refractivity contribution in [1.29, 1.82) is 0 Å². The van der Waals surface area contributed by atoms with E-state index >= 15 is 0 Å². The Morgan fingerprint density at radius 2 is 1.76 bits per heavy atom. The second-order valence-corrected chi connectivity index (χ2v) is 8.86. The summed E-state index contributed by atoms with van der Waals surface area (Å²) in [5.41, 5.74) is 4.29. The van der Waals surface area contributed by atoms with Crippen LogP contribution in [0.1, 0.15) is 15.9 Å². The monoisotopic (exact) mass is 517 g/mol. The molecule has 188 valence electrons. The highest BCUT2D eigenvalue weighted by Crippen LogP contribution is 2.27. The third-order valence-corrected chi connectivity index (χ3v) is 6.18. The molecule has 5 rings (SSSR count). The molecule has 3 aromatic carbocycles. The lowest BCUT2D eigenvalue weighted by atomic mass is 10.1. The number of para-hydroxylation sites is 1. The fourth-order valence-electron chi connectivity index (χ4n) is 4.10. The number of aromatic nitrogens is 3. The normalized spacial score (nSPS) is 13.4. The van der Waals surface area contributed by atoms with E-state index in [9.17, 15) is 14.9 Å². The van der Waals surface area contributed by atoms with Crippen LogP contribution in [0.25, 0.3) is 16.7 Å². The first-order valence-electron chi connectivity index (χ1n) is 11.6. The molecule has 12 heteroatoms. The van der Waals surface area contributed by atoms with Crippen LogP contribution in [0, 0.1) is 17.0 Å². The van der Waals surface area contributed by atoms with Crippen molar-refractivity contribution in [3.8, 4) is 5.69 Å². The SMILES string of the molecule is Cc1cc2nn(-c3ccccc3)nc2cc1NC(=S)NC(=O)c1cc([N+](=O)[O-])ccc1N1CCOCC1. The number of non-ortho nitro benzene ring substituents is 1. The van der Waals surface area contributed by atoms with Crippen LogP contribution in [-0.2, 0) is 4.74 Å². The predicted molar refractivity (Wildman–Crippen MR) is 143 cm³/mol. The minimum Gasteiger partial charge on any atom is -0.378 e. The summed E-state index contributed by atoms with van der Waals surface area (Å²) in [5.74, 6) is -0.545. The molecule has 0 saturated carbocycles. The van der Waals surface area contributed by atoms with E-state index in [2.05, 4.69) is 20.8 Å². The molecular formula is C25H23N7O4S. The highest BCUT2D eigenvalue weighted by atomic mass is 32.1. The number of nitro groups is 1. The van der Waals surface area contributed by atoms with Crippen LogP contribution in [0.15, 0.2) is 60.7 Å². The summed E-state index contributed by atoms with van der Waals surface area (Å²) < 4.78 is 5.39. The van der Waals surface area contributed by atoms with E-state index in [1.165, 1.54) is 12.1 Å². The van der Waals surface area contributed by atoms with Gasteiger partial charge in [-0.1, -0.05) is 18.2 Å². The largest absolute Gasteiger partial charge is 0.378 e. The fraction of sp³-hybridized carbons (Fsp3) is 0.200. The van der Waals surface area contributed by atoms with Crippen molar-refractivity contribution in [1.82, 2.24) is 20.3 Å². The van der Waals surface area contributed by atoms with Gasteiger partial charge in [0.15, 0.2) is 5.11 Å². The molecule has 1 aliphatic rings. The highest BCUT2D eigenvalue weighted by molar-refractivity contribution is 7.80. The third kappa shape index (κ3) is 5.25. The summed E-state index contributed by atoms with van der Waals surface area (Å²) >= 11 is 5.41. The Morgan fingerprint density at radius 3 is 2.46 bits per heavy atom. The quantitative estimate of drug-likeness (QED) is 0.232. The summed E-state index contributed by atoms with van der Waals surface area (Å²) in [6, 6.07) is 17.5. The van der Waals surface area contributed by atoms with Gasteiger partial charge in [0.1, 0.15) is 11.0 Å². The summed E-state index contributed by atoms with van der Waals surface area (Å²) in [6.07, 6.45) is 0. The van der Waals surface area contributed by atoms with Crippen molar-refractivity contribution in [3.05, 3.63) is 81.9 Å². The number of thiocarbonyl (C=S) groups is 1. The van der Waals surface area contributed by atoms with Gasteiger partial charge in [0.25, 0.3) is 11.6 Å². The zero-order chi connectivity index (χ0) is 25.9. The van der Waals surface area contributed by atoms with Gasteiger partial charge in [0.05, 0.1) is 35.1 Å². The molecule has 0 unspecified atom stereocenters. The summed E-state index contributed by atoms with van der Waals surface area (Å²) in [5, 5.41) is 26.2. The molecule has 0 bridgehead atoms. The molecule has 0 atom stereocenters. The van der Waals surface area contributed by atoms with Gasteiger partial charge >= 0.3 is 0 Å². The van der Waals surface area contributed by atoms with Crippen molar-refractivity contribution in [2.75, 3.05) is 36.5 Å². The van der Waals surface area contributed by atoms with E-state index in [-0.39, 0.29) is 16.4 Å². The number of fused-ring (bicyclic) bond motifs is 1. The zero-order valence-corrected chi connectivity index (χ0v) is 20.7. The Morgan fingerprint density at radius 1 is 1.05 bits per heavy atom. The summed E-state index contributed by atoms with van der Waals surface area (Å²) in [6.45, 7) is 4.06. The summed E-state index contributed by atoms with van der Waals surface area (Å²) in [4.78, 5) is 27.5. The molecule has 0 aliphatic carbocycles. The maximum atomic E-state index is 13.2. The number of ether oxygens (including phenoxy) is 1. The first-order valence-corrected chi connectivity index (χ1v) is 12.0. The van der Waals surface area contributed by atoms with Crippen LogP contribution in [0.4, 0.5) is 17.1 Å². The van der Waals surface area contributed by atoms with Crippen molar-refractivity contribution in [3.63, 3.8) is 0 Å². The maximum Gasteiger partial charge on any atom is 0.270 e. The van der Waals surface area contributed by atoms with Gasteiger partial charge in [-0.15, -0.1) is 10.2 Å². The third-order valence-electron chi connectivity index (χ3n) is 5.98. The number of benzene rings is 3. The molecular weight excluding hydrogens is 494 g/mol. The number of amides is 1. The highest BCUT2D eigenvalue weighted by Gasteiger charge is 2.23. The Labute approximate surface area is 217 Å². The molecule has 4 aromatic rings. The number of rotatable bonds is 5. The summed E-state index contributed by atoms with van der Waals surface area (Å²) in [7, 11) is 0. The number of morpholine rings is 1. The number of aryl methyl sites for hydroxylation is 1. The lowest BCUT2D eigenvalue weighted by Gasteiger charge is -2.30. The topological polar surface area (TPSA) is 127 Å².